The predicted octanol–water partition coefficient (Wildman–Crippen LogP) is 3.40. The largest absolute Gasteiger partial charge is 0.495 e. The van der Waals surface area contributed by atoms with Crippen molar-refractivity contribution in [1.82, 2.24) is 10.2 Å². The van der Waals surface area contributed by atoms with E-state index in [-0.39, 0.29) is 30.1 Å². The van der Waals surface area contributed by atoms with E-state index in [1.807, 2.05) is 37.4 Å². The topological polar surface area (TPSA) is 49.3 Å². The molecule has 158 valence electrons. The van der Waals surface area contributed by atoms with Crippen LogP contribution in [0.2, 0.25) is 0 Å². The minimum atomic E-state index is -0.00665. The lowest BCUT2D eigenvalue weighted by molar-refractivity contribution is 0.105. The molecule has 1 atom stereocenters. The molecule has 29 heavy (non-hydrogen) atoms. The fourth-order valence-electron chi connectivity index (χ4n) is 3.57. The first-order chi connectivity index (χ1) is 13.8. The summed E-state index contributed by atoms with van der Waals surface area (Å²) in [4.78, 5) is 9.14. The van der Waals surface area contributed by atoms with Crippen molar-refractivity contribution in [1.29, 1.82) is 0 Å². The molecule has 1 saturated heterocycles. The van der Waals surface area contributed by atoms with E-state index >= 15 is 0 Å². The maximum Gasteiger partial charge on any atom is 0.193 e. The number of hydrogen-bond acceptors (Lipinski definition) is 4. The quantitative estimate of drug-likeness (QED) is 0.367. The predicted molar refractivity (Wildman–Crippen MR) is 130 cm³/mol. The third-order valence-corrected chi connectivity index (χ3v) is 5.12. The standard InChI is InChI=1S/C22H30N4O2.HI/c1-23-22(24-17-21(28-3)18-9-5-4-6-10-18)26-15-13-25(14-16-26)19-11-7-8-12-20(19)27-2;/h4-12,21H,13-17H2,1-3H3,(H,23,24);1H. The van der Waals surface area contributed by atoms with Gasteiger partial charge in [-0.05, 0) is 17.7 Å². The van der Waals surface area contributed by atoms with Gasteiger partial charge in [-0.1, -0.05) is 42.5 Å². The summed E-state index contributed by atoms with van der Waals surface area (Å²) >= 11 is 0. The lowest BCUT2D eigenvalue weighted by atomic mass is 10.1. The second-order valence-corrected chi connectivity index (χ2v) is 6.71. The van der Waals surface area contributed by atoms with Gasteiger partial charge in [-0.2, -0.15) is 0 Å². The molecule has 0 radical (unpaired) electrons. The molecule has 7 heteroatoms. The molecule has 2 aromatic rings. The smallest absolute Gasteiger partial charge is 0.193 e. The van der Waals surface area contributed by atoms with Crippen LogP contribution in [0.1, 0.15) is 11.7 Å². The van der Waals surface area contributed by atoms with Crippen LogP contribution in [0.5, 0.6) is 5.75 Å². The summed E-state index contributed by atoms with van der Waals surface area (Å²) in [5.74, 6) is 1.84. The van der Waals surface area contributed by atoms with Crippen molar-refractivity contribution in [2.45, 2.75) is 6.10 Å². The highest BCUT2D eigenvalue weighted by molar-refractivity contribution is 14.0. The molecular weight excluding hydrogens is 479 g/mol. The number of methoxy groups -OCH3 is 2. The molecule has 1 N–H and O–H groups in total. The molecule has 0 aliphatic carbocycles. The third kappa shape index (κ3) is 5.99. The number of aliphatic imine (C=N–C) groups is 1. The van der Waals surface area contributed by atoms with Crippen molar-refractivity contribution in [3.05, 3.63) is 60.2 Å². The Kier molecular flexibility index (Phi) is 9.53. The van der Waals surface area contributed by atoms with Gasteiger partial charge >= 0.3 is 0 Å². The van der Waals surface area contributed by atoms with Gasteiger partial charge in [0.05, 0.1) is 18.9 Å². The second kappa shape index (κ2) is 11.9. The number of rotatable bonds is 6. The number of para-hydroxylation sites is 2. The fourth-order valence-corrected chi connectivity index (χ4v) is 3.57. The Labute approximate surface area is 190 Å². The highest BCUT2D eigenvalue weighted by Crippen LogP contribution is 2.28. The van der Waals surface area contributed by atoms with E-state index in [0.29, 0.717) is 6.54 Å². The minimum absolute atomic E-state index is 0. The Morgan fingerprint density at radius 1 is 1.00 bits per heavy atom. The normalized spacial score (nSPS) is 15.5. The van der Waals surface area contributed by atoms with Crippen LogP contribution in [-0.4, -0.2) is 64.9 Å². The molecule has 6 nitrogen and oxygen atoms in total. The van der Waals surface area contributed by atoms with Crippen LogP contribution < -0.4 is 15.0 Å². The molecule has 0 bridgehead atoms. The molecule has 3 rings (SSSR count). The highest BCUT2D eigenvalue weighted by Gasteiger charge is 2.22. The average Bonchev–Trinajstić information content (AvgIpc) is 2.77. The van der Waals surface area contributed by atoms with E-state index < -0.39 is 0 Å². The SMILES string of the molecule is CN=C(NCC(OC)c1ccccc1)N1CCN(c2ccccc2OC)CC1.I. The molecule has 1 aliphatic rings. The molecule has 0 amide bonds. The third-order valence-electron chi connectivity index (χ3n) is 5.12. The first-order valence-corrected chi connectivity index (χ1v) is 9.68. The number of halogens is 1. The number of nitrogens with one attached hydrogen (secondary N) is 1. The second-order valence-electron chi connectivity index (χ2n) is 6.71. The summed E-state index contributed by atoms with van der Waals surface area (Å²) in [5.41, 5.74) is 2.31. The lowest BCUT2D eigenvalue weighted by Crippen LogP contribution is -2.53. The summed E-state index contributed by atoms with van der Waals surface area (Å²) in [6.45, 7) is 4.34. The highest BCUT2D eigenvalue weighted by atomic mass is 127. The van der Waals surface area contributed by atoms with Crippen LogP contribution in [-0.2, 0) is 4.74 Å². The van der Waals surface area contributed by atoms with Crippen LogP contribution >= 0.6 is 24.0 Å². The molecule has 0 saturated carbocycles. The summed E-state index contributed by atoms with van der Waals surface area (Å²) in [7, 11) is 5.30. The Balaban J connectivity index is 0.00000300. The molecular formula is C22H31IN4O2. The zero-order chi connectivity index (χ0) is 19.8. The zero-order valence-electron chi connectivity index (χ0n) is 17.4. The summed E-state index contributed by atoms with van der Waals surface area (Å²) in [6.07, 6.45) is -0.00665. The molecule has 2 aromatic carbocycles. The van der Waals surface area contributed by atoms with E-state index in [1.165, 1.54) is 0 Å². The van der Waals surface area contributed by atoms with Gasteiger partial charge in [0, 0.05) is 46.9 Å². The van der Waals surface area contributed by atoms with Gasteiger partial charge in [0.1, 0.15) is 5.75 Å². The molecule has 1 unspecified atom stereocenters. The van der Waals surface area contributed by atoms with E-state index in [0.717, 1.165) is 49.1 Å². The van der Waals surface area contributed by atoms with Crippen molar-refractivity contribution in [2.75, 3.05) is 58.9 Å². The van der Waals surface area contributed by atoms with E-state index in [1.54, 1.807) is 14.2 Å². The average molecular weight is 510 g/mol. The summed E-state index contributed by atoms with van der Waals surface area (Å²) in [6, 6.07) is 18.4. The maximum atomic E-state index is 5.66. The fraction of sp³-hybridized carbons (Fsp3) is 0.409. The van der Waals surface area contributed by atoms with Gasteiger partial charge in [0.25, 0.3) is 0 Å². The van der Waals surface area contributed by atoms with Crippen LogP contribution in [0, 0.1) is 0 Å². The van der Waals surface area contributed by atoms with Crippen molar-refractivity contribution in [2.24, 2.45) is 4.99 Å². The van der Waals surface area contributed by atoms with Gasteiger partial charge in [-0.3, -0.25) is 4.99 Å². The van der Waals surface area contributed by atoms with Crippen molar-refractivity contribution in [3.8, 4) is 5.75 Å². The summed E-state index contributed by atoms with van der Waals surface area (Å²) < 4.78 is 11.2. The number of anilines is 1. The number of piperazine rings is 1. The monoisotopic (exact) mass is 510 g/mol. The van der Waals surface area contributed by atoms with Gasteiger partial charge in [0.15, 0.2) is 5.96 Å². The Morgan fingerprint density at radius 3 is 2.28 bits per heavy atom. The Bertz CT molecular complexity index is 764. The maximum absolute atomic E-state index is 5.66. The van der Waals surface area contributed by atoms with Gasteiger partial charge < -0.3 is 24.6 Å². The van der Waals surface area contributed by atoms with Crippen molar-refractivity contribution in [3.63, 3.8) is 0 Å². The molecule has 1 aliphatic heterocycles. The number of nitrogens with zero attached hydrogens (tertiary/aromatic N) is 3. The van der Waals surface area contributed by atoms with Crippen molar-refractivity contribution >= 4 is 35.6 Å². The number of ether oxygens (including phenoxy) is 2. The molecule has 1 heterocycles. The van der Waals surface area contributed by atoms with E-state index in [4.69, 9.17) is 9.47 Å². The van der Waals surface area contributed by atoms with E-state index in [9.17, 15) is 0 Å². The lowest BCUT2D eigenvalue weighted by Gasteiger charge is -2.38. The van der Waals surface area contributed by atoms with Gasteiger partial charge in [0.2, 0.25) is 0 Å². The van der Waals surface area contributed by atoms with Crippen molar-refractivity contribution < 1.29 is 9.47 Å². The van der Waals surface area contributed by atoms with E-state index in [2.05, 4.69) is 44.4 Å². The Morgan fingerprint density at radius 2 is 1.66 bits per heavy atom. The molecule has 0 aromatic heterocycles. The molecule has 1 fully saturated rings. The van der Waals surface area contributed by atoms with Crippen LogP contribution in [0.25, 0.3) is 0 Å². The molecule has 0 spiro atoms. The first-order valence-electron chi connectivity index (χ1n) is 9.68. The van der Waals surface area contributed by atoms with Gasteiger partial charge in [-0.25, -0.2) is 0 Å². The first kappa shape index (κ1) is 23.3. The number of guanidine groups is 1. The summed E-state index contributed by atoms with van der Waals surface area (Å²) in [5, 5.41) is 3.47. The number of benzene rings is 2. The Hall–Kier alpha value is -2.00. The minimum Gasteiger partial charge on any atom is -0.495 e. The van der Waals surface area contributed by atoms with Crippen LogP contribution in [0.4, 0.5) is 5.69 Å². The number of hydrogen-bond donors (Lipinski definition) is 1. The van der Waals surface area contributed by atoms with Gasteiger partial charge in [-0.15, -0.1) is 24.0 Å². The van der Waals surface area contributed by atoms with Crippen LogP contribution in [0.3, 0.4) is 0 Å². The van der Waals surface area contributed by atoms with Crippen LogP contribution in [0.15, 0.2) is 59.6 Å². The zero-order valence-corrected chi connectivity index (χ0v) is 19.7.